The van der Waals surface area contributed by atoms with Crippen LogP contribution in [0.4, 0.5) is 8.78 Å². The fourth-order valence-electron chi connectivity index (χ4n) is 2.81. The van der Waals surface area contributed by atoms with E-state index in [1.54, 1.807) is 13.2 Å². The van der Waals surface area contributed by atoms with E-state index in [1.807, 2.05) is 6.92 Å². The Bertz CT molecular complexity index is 427. The number of methoxy groups -OCH3 is 1. The number of rotatable bonds is 6. The molecule has 1 aliphatic carbocycles. The molecule has 1 unspecified atom stereocenters. The number of halogens is 2. The average molecular weight is 269 g/mol. The van der Waals surface area contributed by atoms with Crippen molar-refractivity contribution in [2.24, 2.45) is 0 Å². The fraction of sp³-hybridized carbons (Fsp3) is 0.600. The van der Waals surface area contributed by atoms with Crippen LogP contribution >= 0.6 is 0 Å². The smallest absolute Gasteiger partial charge is 0.159 e. The monoisotopic (exact) mass is 269 g/mol. The minimum Gasteiger partial charge on any atom is -0.377 e. The first-order valence-corrected chi connectivity index (χ1v) is 6.84. The van der Waals surface area contributed by atoms with Gasteiger partial charge in [-0.05, 0) is 49.9 Å². The van der Waals surface area contributed by atoms with Gasteiger partial charge in [0.2, 0.25) is 0 Å². The molecule has 0 radical (unpaired) electrons. The standard InChI is InChI=1S/C15H21F2NO/c1-3-18-14(15(19-2)7-4-8-15)10-11-5-6-12(16)13(17)9-11/h5-6,9,14,18H,3-4,7-8,10H2,1-2H3. The summed E-state index contributed by atoms with van der Waals surface area (Å²) in [5, 5.41) is 3.42. The Labute approximate surface area is 113 Å². The SMILES string of the molecule is CCNC(Cc1ccc(F)c(F)c1)C1(OC)CCC1. The van der Waals surface area contributed by atoms with Crippen LogP contribution in [0.15, 0.2) is 18.2 Å². The lowest BCUT2D eigenvalue weighted by Crippen LogP contribution is -2.57. The Morgan fingerprint density at radius 1 is 1.32 bits per heavy atom. The third kappa shape index (κ3) is 2.95. The summed E-state index contributed by atoms with van der Waals surface area (Å²) in [6, 6.07) is 4.25. The van der Waals surface area contributed by atoms with Crippen LogP contribution in [0.1, 0.15) is 31.7 Å². The molecule has 1 aromatic rings. The molecule has 19 heavy (non-hydrogen) atoms. The second kappa shape index (κ2) is 5.97. The van der Waals surface area contributed by atoms with Crippen molar-refractivity contribution >= 4 is 0 Å². The van der Waals surface area contributed by atoms with E-state index in [-0.39, 0.29) is 11.6 Å². The molecule has 1 aliphatic rings. The minimum absolute atomic E-state index is 0.140. The Balaban J connectivity index is 2.13. The second-order valence-electron chi connectivity index (χ2n) is 5.19. The maximum Gasteiger partial charge on any atom is 0.159 e. The van der Waals surface area contributed by atoms with Crippen molar-refractivity contribution in [2.75, 3.05) is 13.7 Å². The Kier molecular flexibility index (Phi) is 4.53. The van der Waals surface area contributed by atoms with Gasteiger partial charge in [0, 0.05) is 13.2 Å². The molecule has 1 N–H and O–H groups in total. The highest BCUT2D eigenvalue weighted by Gasteiger charge is 2.43. The van der Waals surface area contributed by atoms with Gasteiger partial charge in [0.25, 0.3) is 0 Å². The molecule has 2 rings (SSSR count). The van der Waals surface area contributed by atoms with Gasteiger partial charge >= 0.3 is 0 Å². The Morgan fingerprint density at radius 3 is 2.53 bits per heavy atom. The molecule has 0 saturated heterocycles. The molecule has 0 bridgehead atoms. The van der Waals surface area contributed by atoms with E-state index < -0.39 is 11.6 Å². The molecule has 1 atom stereocenters. The van der Waals surface area contributed by atoms with Crippen LogP contribution in [0.2, 0.25) is 0 Å². The molecule has 1 saturated carbocycles. The summed E-state index contributed by atoms with van der Waals surface area (Å²) in [7, 11) is 1.73. The lowest BCUT2D eigenvalue weighted by Gasteiger charge is -2.47. The molecule has 4 heteroatoms. The van der Waals surface area contributed by atoms with Gasteiger partial charge in [-0.1, -0.05) is 13.0 Å². The van der Waals surface area contributed by atoms with Gasteiger partial charge < -0.3 is 10.1 Å². The van der Waals surface area contributed by atoms with Crippen molar-refractivity contribution < 1.29 is 13.5 Å². The fourth-order valence-corrected chi connectivity index (χ4v) is 2.81. The normalized spacial score (nSPS) is 18.9. The van der Waals surface area contributed by atoms with Crippen molar-refractivity contribution in [3.05, 3.63) is 35.4 Å². The van der Waals surface area contributed by atoms with E-state index in [9.17, 15) is 8.78 Å². The third-order valence-corrected chi connectivity index (χ3v) is 4.12. The summed E-state index contributed by atoms with van der Waals surface area (Å²) in [5.41, 5.74) is 0.647. The highest BCUT2D eigenvalue weighted by molar-refractivity contribution is 5.20. The maximum absolute atomic E-state index is 13.3. The quantitative estimate of drug-likeness (QED) is 0.857. The van der Waals surface area contributed by atoms with Crippen molar-refractivity contribution in [1.82, 2.24) is 5.32 Å². The molecule has 0 spiro atoms. The van der Waals surface area contributed by atoms with Crippen molar-refractivity contribution in [1.29, 1.82) is 0 Å². The molecule has 0 heterocycles. The van der Waals surface area contributed by atoms with Crippen molar-refractivity contribution in [3.8, 4) is 0 Å². The van der Waals surface area contributed by atoms with Crippen molar-refractivity contribution in [3.63, 3.8) is 0 Å². The number of hydrogen-bond acceptors (Lipinski definition) is 2. The summed E-state index contributed by atoms with van der Waals surface area (Å²) >= 11 is 0. The first-order valence-electron chi connectivity index (χ1n) is 6.84. The first kappa shape index (κ1) is 14.4. The molecular formula is C15H21F2NO. The molecule has 2 nitrogen and oxygen atoms in total. The van der Waals surface area contributed by atoms with E-state index in [0.717, 1.165) is 31.4 Å². The Morgan fingerprint density at radius 2 is 2.05 bits per heavy atom. The number of nitrogens with one attached hydrogen (secondary N) is 1. The zero-order valence-electron chi connectivity index (χ0n) is 11.5. The summed E-state index contributed by atoms with van der Waals surface area (Å²) in [4.78, 5) is 0. The second-order valence-corrected chi connectivity index (χ2v) is 5.19. The van der Waals surface area contributed by atoms with E-state index in [2.05, 4.69) is 5.32 Å². The topological polar surface area (TPSA) is 21.3 Å². The van der Waals surface area contributed by atoms with E-state index in [0.29, 0.717) is 6.42 Å². The number of hydrogen-bond donors (Lipinski definition) is 1. The largest absolute Gasteiger partial charge is 0.377 e. The Hall–Kier alpha value is -1.00. The van der Waals surface area contributed by atoms with Gasteiger partial charge in [0.05, 0.1) is 5.60 Å². The summed E-state index contributed by atoms with van der Waals surface area (Å²) in [6.45, 7) is 2.87. The van der Waals surface area contributed by atoms with Gasteiger partial charge in [-0.15, -0.1) is 0 Å². The van der Waals surface area contributed by atoms with Crippen LogP contribution < -0.4 is 5.32 Å². The van der Waals surface area contributed by atoms with Crippen LogP contribution in [0, 0.1) is 11.6 Å². The van der Waals surface area contributed by atoms with Crippen LogP contribution in [0.3, 0.4) is 0 Å². The van der Waals surface area contributed by atoms with Crippen LogP contribution in [-0.4, -0.2) is 25.3 Å². The number of ether oxygens (including phenoxy) is 1. The predicted molar refractivity (Wildman–Crippen MR) is 71.1 cm³/mol. The first-order chi connectivity index (χ1) is 9.11. The maximum atomic E-state index is 13.3. The highest BCUT2D eigenvalue weighted by Crippen LogP contribution is 2.39. The lowest BCUT2D eigenvalue weighted by atomic mass is 9.72. The highest BCUT2D eigenvalue weighted by atomic mass is 19.2. The van der Waals surface area contributed by atoms with E-state index in [1.165, 1.54) is 12.1 Å². The zero-order chi connectivity index (χ0) is 13.9. The average Bonchev–Trinajstić information content (AvgIpc) is 2.33. The molecular weight excluding hydrogens is 248 g/mol. The summed E-state index contributed by atoms with van der Waals surface area (Å²) in [6.07, 6.45) is 3.85. The van der Waals surface area contributed by atoms with Crippen LogP contribution in [0.25, 0.3) is 0 Å². The summed E-state index contributed by atoms with van der Waals surface area (Å²) in [5.74, 6) is -1.58. The number of benzene rings is 1. The molecule has 0 aromatic heterocycles. The van der Waals surface area contributed by atoms with Crippen LogP contribution in [-0.2, 0) is 11.2 Å². The molecule has 0 aliphatic heterocycles. The third-order valence-electron chi connectivity index (χ3n) is 4.12. The molecule has 1 aromatic carbocycles. The van der Waals surface area contributed by atoms with Gasteiger partial charge in [-0.25, -0.2) is 8.78 Å². The van der Waals surface area contributed by atoms with Gasteiger partial charge in [-0.3, -0.25) is 0 Å². The predicted octanol–water partition coefficient (Wildman–Crippen LogP) is 3.05. The van der Waals surface area contributed by atoms with Crippen molar-refractivity contribution in [2.45, 2.75) is 44.2 Å². The minimum atomic E-state index is -0.797. The van der Waals surface area contributed by atoms with Gasteiger partial charge in [-0.2, -0.15) is 0 Å². The van der Waals surface area contributed by atoms with E-state index >= 15 is 0 Å². The lowest BCUT2D eigenvalue weighted by molar-refractivity contribution is -0.0978. The van der Waals surface area contributed by atoms with Gasteiger partial charge in [0.1, 0.15) is 0 Å². The zero-order valence-corrected chi connectivity index (χ0v) is 11.5. The summed E-state index contributed by atoms with van der Waals surface area (Å²) < 4.78 is 31.9. The molecule has 0 amide bonds. The van der Waals surface area contributed by atoms with Gasteiger partial charge in [0.15, 0.2) is 11.6 Å². The molecule has 106 valence electrons. The number of likely N-dealkylation sites (N-methyl/N-ethyl adjacent to an activating group) is 1. The molecule has 1 fully saturated rings. The van der Waals surface area contributed by atoms with E-state index in [4.69, 9.17) is 4.74 Å². The van der Waals surface area contributed by atoms with Crippen LogP contribution in [0.5, 0.6) is 0 Å².